The van der Waals surface area contributed by atoms with E-state index >= 15 is 0 Å². The number of nitriles is 1. The number of rotatable bonds is 5. The zero-order chi connectivity index (χ0) is 60.8. The van der Waals surface area contributed by atoms with Gasteiger partial charge in [0.1, 0.15) is 11.5 Å². The summed E-state index contributed by atoms with van der Waals surface area (Å²) in [4.78, 5) is 16.1. The Balaban J connectivity index is 0.889. The van der Waals surface area contributed by atoms with Crippen molar-refractivity contribution in [3.63, 3.8) is 0 Å². The zero-order valence-electron chi connectivity index (χ0n) is 49.6. The van der Waals surface area contributed by atoms with E-state index in [1.807, 2.05) is 36.9 Å². The Morgan fingerprint density at radius 3 is 1.05 bits per heavy atom. The number of benzene rings is 11. The molecule has 0 saturated carbocycles. The summed E-state index contributed by atoms with van der Waals surface area (Å²) in [5.41, 5.74) is 20.2. The lowest BCUT2D eigenvalue weighted by atomic mass is 9.66. The molecule has 0 saturated heterocycles. The van der Waals surface area contributed by atoms with Crippen molar-refractivity contribution >= 4 is 109 Å². The predicted molar refractivity (Wildman–Crippen MR) is 374 cm³/mol. The Kier molecular flexibility index (Phi) is 9.90. The van der Waals surface area contributed by atoms with E-state index < -0.39 is 5.41 Å². The van der Waals surface area contributed by atoms with Gasteiger partial charge in [-0.2, -0.15) is 5.26 Å². The van der Waals surface area contributed by atoms with Crippen molar-refractivity contribution in [3.8, 4) is 57.4 Å². The molecule has 93 heavy (non-hydrogen) atoms. The maximum atomic E-state index is 10.6. The third-order valence-corrected chi connectivity index (χ3v) is 20.1. The molecule has 19 aromatic rings. The molecule has 0 fully saturated rings. The van der Waals surface area contributed by atoms with Crippen molar-refractivity contribution in [2.24, 2.45) is 0 Å². The van der Waals surface area contributed by atoms with E-state index in [2.05, 4.69) is 278 Å². The standard InChI is InChI=1S/C83H47N9O/c84-45-49-29-33-76-63(39-49)64-40-50(88-69-22-8-1-15-55(69)56-16-2-9-23-70(56)88)30-34-77(64)89(76)51-31-35-79-65(41-51)83(66-42-52(32-36-80(66)93-79)90-71-24-10-7-21-61(71)62-37-38-85-48-78(62)90)67-43-53(91-72-25-11-3-17-57(72)58-18-4-12-26-73(58)91)46-86-81(67)82-68(83)44-54(47-87-82)92-74-27-13-5-19-59(74)60-20-6-14-28-75(60)92/h1-44,46-48H. The Bertz CT molecular complexity index is 6200. The molecule has 1 aliphatic heterocycles. The minimum atomic E-state index is -1.14. The van der Waals surface area contributed by atoms with E-state index in [0.717, 1.165) is 166 Å². The quantitative estimate of drug-likeness (QED) is 0.171. The molecule has 8 aromatic heterocycles. The maximum absolute atomic E-state index is 10.6. The van der Waals surface area contributed by atoms with Crippen LogP contribution in [0.15, 0.2) is 286 Å². The normalized spacial score (nSPS) is 13.1. The van der Waals surface area contributed by atoms with Gasteiger partial charge in [-0.05, 0) is 133 Å². The number of ether oxygens (including phenoxy) is 1. The van der Waals surface area contributed by atoms with Gasteiger partial charge in [0.2, 0.25) is 0 Å². The van der Waals surface area contributed by atoms with Crippen LogP contribution in [0, 0.1) is 11.3 Å². The molecule has 2 aliphatic rings. The monoisotopic (exact) mass is 1190 g/mol. The van der Waals surface area contributed by atoms with Crippen LogP contribution in [0.2, 0.25) is 0 Å². The molecule has 430 valence electrons. The van der Waals surface area contributed by atoms with Crippen LogP contribution in [0.25, 0.3) is 149 Å². The number of fused-ring (bicyclic) bond motifs is 24. The van der Waals surface area contributed by atoms with Gasteiger partial charge in [0.15, 0.2) is 0 Å². The first-order valence-electron chi connectivity index (χ1n) is 31.4. The van der Waals surface area contributed by atoms with Gasteiger partial charge in [-0.25, -0.2) is 0 Å². The van der Waals surface area contributed by atoms with Gasteiger partial charge in [-0.1, -0.05) is 127 Å². The summed E-state index contributed by atoms with van der Waals surface area (Å²) in [5, 5.41) is 21.9. The summed E-state index contributed by atoms with van der Waals surface area (Å²) in [6.07, 6.45) is 7.92. The van der Waals surface area contributed by atoms with Gasteiger partial charge in [0.25, 0.3) is 0 Å². The number of hydrogen-bond acceptors (Lipinski definition) is 5. The Morgan fingerprint density at radius 1 is 0.290 bits per heavy atom. The number of pyridine rings is 3. The van der Waals surface area contributed by atoms with Crippen LogP contribution in [0.1, 0.15) is 27.8 Å². The van der Waals surface area contributed by atoms with Gasteiger partial charge < -0.3 is 27.6 Å². The summed E-state index contributed by atoms with van der Waals surface area (Å²) in [5.74, 6) is 1.43. The lowest BCUT2D eigenvalue weighted by molar-refractivity contribution is 0.436. The predicted octanol–water partition coefficient (Wildman–Crippen LogP) is 19.7. The fourth-order valence-corrected chi connectivity index (χ4v) is 16.4. The van der Waals surface area contributed by atoms with Gasteiger partial charge in [0.05, 0.1) is 114 Å². The Hall–Kier alpha value is -12.8. The highest BCUT2D eigenvalue weighted by molar-refractivity contribution is 6.14. The molecular formula is C83H47N9O. The molecule has 0 N–H and O–H groups in total. The van der Waals surface area contributed by atoms with Crippen LogP contribution in [-0.4, -0.2) is 37.8 Å². The second kappa shape index (κ2) is 18.4. The van der Waals surface area contributed by atoms with Crippen LogP contribution >= 0.6 is 0 Å². The molecule has 0 bridgehead atoms. The van der Waals surface area contributed by atoms with E-state index in [0.29, 0.717) is 11.3 Å². The molecule has 0 atom stereocenters. The van der Waals surface area contributed by atoms with Gasteiger partial charge in [0, 0.05) is 99.4 Å². The minimum absolute atomic E-state index is 0.588. The second-order valence-electron chi connectivity index (χ2n) is 24.6. The molecule has 9 heterocycles. The number of hydrogen-bond donors (Lipinski definition) is 0. The van der Waals surface area contributed by atoms with Crippen molar-refractivity contribution in [3.05, 3.63) is 313 Å². The van der Waals surface area contributed by atoms with Gasteiger partial charge in [-0.15, -0.1) is 0 Å². The summed E-state index contributed by atoms with van der Waals surface area (Å²) < 4.78 is 19.3. The molecule has 0 amide bonds. The van der Waals surface area contributed by atoms with E-state index in [4.69, 9.17) is 19.7 Å². The molecule has 0 radical (unpaired) electrons. The number of para-hydroxylation sites is 7. The van der Waals surface area contributed by atoms with E-state index in [9.17, 15) is 5.26 Å². The van der Waals surface area contributed by atoms with E-state index in [1.54, 1.807) is 0 Å². The highest BCUT2D eigenvalue weighted by atomic mass is 16.5. The zero-order valence-corrected chi connectivity index (χ0v) is 49.6. The third kappa shape index (κ3) is 6.60. The summed E-state index contributed by atoms with van der Waals surface area (Å²) in [6, 6.07) is 96.1. The average Bonchev–Trinajstić information content (AvgIpc) is 1.58. The molecule has 0 unspecified atom stereocenters. The highest BCUT2D eigenvalue weighted by Gasteiger charge is 2.54. The van der Waals surface area contributed by atoms with E-state index in [1.165, 1.54) is 10.8 Å². The third-order valence-electron chi connectivity index (χ3n) is 20.1. The molecule has 10 nitrogen and oxygen atoms in total. The maximum Gasteiger partial charge on any atom is 0.132 e. The van der Waals surface area contributed by atoms with Crippen LogP contribution < -0.4 is 4.74 Å². The van der Waals surface area contributed by atoms with Crippen LogP contribution in [0.5, 0.6) is 11.5 Å². The van der Waals surface area contributed by atoms with Crippen LogP contribution in [-0.2, 0) is 5.41 Å². The highest BCUT2D eigenvalue weighted by Crippen LogP contribution is 2.63. The molecule has 10 heteroatoms. The number of aromatic nitrogens is 8. The van der Waals surface area contributed by atoms with Crippen LogP contribution in [0.3, 0.4) is 0 Å². The summed E-state index contributed by atoms with van der Waals surface area (Å²) in [7, 11) is 0. The van der Waals surface area contributed by atoms with Crippen molar-refractivity contribution in [1.82, 2.24) is 37.8 Å². The fraction of sp³-hybridized carbons (Fsp3) is 0.0120. The summed E-state index contributed by atoms with van der Waals surface area (Å²) >= 11 is 0. The van der Waals surface area contributed by atoms with Crippen molar-refractivity contribution < 1.29 is 4.74 Å². The molecule has 11 aromatic carbocycles. The first-order valence-corrected chi connectivity index (χ1v) is 31.4. The molecular weight excluding hydrogens is 1140 g/mol. The fourth-order valence-electron chi connectivity index (χ4n) is 16.4. The van der Waals surface area contributed by atoms with Crippen molar-refractivity contribution in [2.45, 2.75) is 5.41 Å². The first-order chi connectivity index (χ1) is 46.1. The summed E-state index contributed by atoms with van der Waals surface area (Å²) in [6.45, 7) is 0. The first kappa shape index (κ1) is 50.1. The van der Waals surface area contributed by atoms with Gasteiger partial charge in [-0.3, -0.25) is 15.0 Å². The lowest BCUT2D eigenvalue weighted by Crippen LogP contribution is -2.33. The smallest absolute Gasteiger partial charge is 0.132 e. The topological polar surface area (TPSA) is 96.3 Å². The van der Waals surface area contributed by atoms with Crippen molar-refractivity contribution in [2.75, 3.05) is 0 Å². The largest absolute Gasteiger partial charge is 0.457 e. The molecule has 21 rings (SSSR count). The van der Waals surface area contributed by atoms with E-state index in [-0.39, 0.29) is 0 Å². The number of nitrogens with zero attached hydrogens (tertiary/aromatic N) is 9. The molecule has 1 spiro atoms. The Morgan fingerprint density at radius 2 is 0.624 bits per heavy atom. The SMILES string of the molecule is N#Cc1ccc2c(c1)c1cc(-n3c4ccccc4c4ccccc43)ccc1n2-c1ccc2c(c1)C1(c3cc(-n4c5ccccc5c5ccncc54)ccc3O2)c2cc(-n3c4ccccc4c4ccccc43)cnc2-c2ncc(-n3c4ccccc4c4ccccc43)cc21. The minimum Gasteiger partial charge on any atom is -0.457 e. The average molecular weight is 1190 g/mol. The van der Waals surface area contributed by atoms with Crippen LogP contribution in [0.4, 0.5) is 0 Å². The second-order valence-corrected chi connectivity index (χ2v) is 24.6. The van der Waals surface area contributed by atoms with Gasteiger partial charge >= 0.3 is 0 Å². The van der Waals surface area contributed by atoms with Crippen molar-refractivity contribution in [1.29, 1.82) is 5.26 Å². The molecule has 1 aliphatic carbocycles. The Labute approximate surface area is 530 Å². The lowest BCUT2D eigenvalue weighted by Gasteiger charge is -2.39.